The van der Waals surface area contributed by atoms with Crippen LogP contribution in [0.5, 0.6) is 11.5 Å². The Bertz CT molecular complexity index is 711. The summed E-state index contributed by atoms with van der Waals surface area (Å²) in [5.41, 5.74) is 1.60. The second-order valence-corrected chi connectivity index (χ2v) is 5.99. The van der Waals surface area contributed by atoms with E-state index in [-0.39, 0.29) is 0 Å². The maximum Gasteiger partial charge on any atom is 0.639 e. The van der Waals surface area contributed by atoms with Gasteiger partial charge in [-0.2, -0.15) is 5.26 Å². The lowest BCUT2D eigenvalue weighted by molar-refractivity contribution is 0.170. The highest BCUT2D eigenvalue weighted by atomic mass is 127. The molecule has 0 amide bonds. The van der Waals surface area contributed by atoms with Crippen LogP contribution in [-0.4, -0.2) is 20.5 Å². The van der Waals surface area contributed by atoms with Gasteiger partial charge in [-0.25, -0.2) is 0 Å². The molecule has 0 N–H and O–H groups in total. The summed E-state index contributed by atoms with van der Waals surface area (Å²) in [5.74, 6) is 1.39. The Hall–Kier alpha value is -1.60. The van der Waals surface area contributed by atoms with Gasteiger partial charge in [0.15, 0.2) is 0 Å². The van der Waals surface area contributed by atoms with Gasteiger partial charge in [-0.1, -0.05) is 0 Å². The van der Waals surface area contributed by atoms with Crippen molar-refractivity contribution in [3.63, 3.8) is 0 Å². The monoisotopic (exact) mass is 421 g/mol. The minimum Gasteiger partial charge on any atom is -0.457 e. The van der Waals surface area contributed by atoms with E-state index < -0.39 is 7.32 Å². The highest BCUT2D eigenvalue weighted by Crippen LogP contribution is 2.26. The molecule has 1 heterocycles. The van der Waals surface area contributed by atoms with Crippen LogP contribution in [0.3, 0.4) is 0 Å². The zero-order valence-electron chi connectivity index (χ0n) is 12.2. The maximum atomic E-state index is 8.81. The van der Waals surface area contributed by atoms with Crippen LogP contribution in [0.1, 0.15) is 11.1 Å². The molecule has 2 aromatic rings. The molecule has 23 heavy (non-hydrogen) atoms. The fourth-order valence-electron chi connectivity index (χ4n) is 2.05. The summed E-state index contributed by atoms with van der Waals surface area (Å²) in [7, 11) is -0.589. The van der Waals surface area contributed by atoms with Crippen molar-refractivity contribution >= 4 is 29.9 Å². The molecule has 0 atom stereocenters. The average Bonchev–Trinajstić information content (AvgIpc) is 3.09. The van der Waals surface area contributed by atoms with Crippen molar-refractivity contribution in [2.45, 2.75) is 6.61 Å². The molecule has 0 bridgehead atoms. The minimum absolute atomic E-state index is 0.382. The molecule has 1 aliphatic rings. The van der Waals surface area contributed by atoms with Crippen LogP contribution in [0.2, 0.25) is 0 Å². The number of hydrogen-bond donors (Lipinski definition) is 0. The smallest absolute Gasteiger partial charge is 0.457 e. The summed E-state index contributed by atoms with van der Waals surface area (Å²) < 4.78 is 23.0. The molecule has 1 saturated heterocycles. The Morgan fingerprint density at radius 2 is 1.78 bits per heavy atom. The number of hydrogen-bond acceptors (Lipinski definition) is 5. The van der Waals surface area contributed by atoms with E-state index in [1.54, 1.807) is 24.3 Å². The Kier molecular flexibility index (Phi) is 5.51. The fraction of sp³-hybridized carbons (Fsp3) is 0.188. The first-order valence-electron chi connectivity index (χ1n) is 7.06. The largest absolute Gasteiger partial charge is 0.639 e. The van der Waals surface area contributed by atoms with E-state index in [4.69, 9.17) is 24.0 Å². The molecule has 116 valence electrons. The average molecular weight is 421 g/mol. The van der Waals surface area contributed by atoms with E-state index in [0.29, 0.717) is 36.9 Å². The van der Waals surface area contributed by atoms with E-state index in [0.717, 1.165) is 9.13 Å². The van der Waals surface area contributed by atoms with Crippen molar-refractivity contribution in [1.82, 2.24) is 0 Å². The maximum absolute atomic E-state index is 8.81. The molecule has 1 aliphatic heterocycles. The number of ether oxygens (including phenoxy) is 1. The molecular weight excluding hydrogens is 408 g/mol. The van der Waals surface area contributed by atoms with Gasteiger partial charge in [0.05, 0.1) is 31.5 Å². The second-order valence-electron chi connectivity index (χ2n) is 4.83. The molecule has 2 aromatic carbocycles. The lowest BCUT2D eigenvalue weighted by Gasteiger charge is -2.11. The van der Waals surface area contributed by atoms with E-state index in [1.807, 2.05) is 18.2 Å². The van der Waals surface area contributed by atoms with Gasteiger partial charge < -0.3 is 18.7 Å². The third-order valence-electron chi connectivity index (χ3n) is 3.20. The molecule has 0 spiro atoms. The summed E-state index contributed by atoms with van der Waals surface area (Å²) in [6.45, 7) is 1.50. The molecule has 3 rings (SSSR count). The Labute approximate surface area is 148 Å². The molecule has 0 unspecified atom stereocenters. The number of rotatable bonds is 5. The van der Waals surface area contributed by atoms with Gasteiger partial charge in [-0.05, 0) is 70.6 Å². The van der Waals surface area contributed by atoms with Gasteiger partial charge >= 0.3 is 7.32 Å². The highest BCUT2D eigenvalue weighted by Gasteiger charge is 2.26. The van der Waals surface area contributed by atoms with Crippen molar-refractivity contribution in [2.75, 3.05) is 13.2 Å². The van der Waals surface area contributed by atoms with E-state index in [9.17, 15) is 0 Å². The summed E-state index contributed by atoms with van der Waals surface area (Å²) in [5, 5.41) is 8.81. The number of nitriles is 1. The second kappa shape index (κ2) is 7.79. The first-order valence-corrected chi connectivity index (χ1v) is 8.14. The minimum atomic E-state index is -0.589. The Morgan fingerprint density at radius 1 is 1.09 bits per heavy atom. The fourth-order valence-corrected chi connectivity index (χ4v) is 2.54. The van der Waals surface area contributed by atoms with Crippen LogP contribution in [0, 0.1) is 14.9 Å². The van der Waals surface area contributed by atoms with Gasteiger partial charge in [-0.3, -0.25) is 0 Å². The molecule has 0 radical (unpaired) electrons. The third-order valence-corrected chi connectivity index (χ3v) is 4.25. The zero-order chi connectivity index (χ0) is 16.1. The molecule has 0 aliphatic carbocycles. The summed E-state index contributed by atoms with van der Waals surface area (Å²) >= 11 is 2.25. The topological polar surface area (TPSA) is 60.7 Å². The molecular formula is C16H13BINO4. The lowest BCUT2D eigenvalue weighted by Crippen LogP contribution is -2.19. The van der Waals surface area contributed by atoms with E-state index >= 15 is 0 Å². The third kappa shape index (κ3) is 4.45. The number of benzene rings is 2. The van der Waals surface area contributed by atoms with Crippen LogP contribution in [0.15, 0.2) is 42.5 Å². The molecule has 0 aromatic heterocycles. The standard InChI is InChI=1S/C16H13BINO4/c18-16-6-5-15(23-14-3-1-12(10-19)2-4-14)9-13(16)11-22-17-20-7-8-21-17/h1-6,9H,7-8,11H2. The predicted octanol–water partition coefficient (Wildman–Crippen LogP) is 3.50. The number of halogens is 1. The normalized spacial score (nSPS) is 13.8. The number of nitrogens with zero attached hydrogens (tertiary/aromatic N) is 1. The summed E-state index contributed by atoms with van der Waals surface area (Å²) in [6, 6.07) is 14.9. The molecule has 5 nitrogen and oxygen atoms in total. The molecule has 7 heteroatoms. The van der Waals surface area contributed by atoms with Gasteiger partial charge in [0.2, 0.25) is 0 Å². The van der Waals surface area contributed by atoms with Gasteiger partial charge in [0.25, 0.3) is 0 Å². The zero-order valence-corrected chi connectivity index (χ0v) is 14.4. The quantitative estimate of drug-likeness (QED) is 0.547. The Morgan fingerprint density at radius 3 is 2.48 bits per heavy atom. The Balaban J connectivity index is 1.67. The van der Waals surface area contributed by atoms with Gasteiger partial charge in [0, 0.05) is 3.57 Å². The van der Waals surface area contributed by atoms with Crippen LogP contribution in [0.4, 0.5) is 0 Å². The van der Waals surface area contributed by atoms with Gasteiger partial charge in [0.1, 0.15) is 11.5 Å². The van der Waals surface area contributed by atoms with E-state index in [1.165, 1.54) is 0 Å². The van der Waals surface area contributed by atoms with E-state index in [2.05, 4.69) is 28.7 Å². The van der Waals surface area contributed by atoms with Crippen LogP contribution < -0.4 is 4.74 Å². The first-order chi connectivity index (χ1) is 11.2. The van der Waals surface area contributed by atoms with Gasteiger partial charge in [-0.15, -0.1) is 0 Å². The first kappa shape index (κ1) is 16.3. The van der Waals surface area contributed by atoms with Crippen molar-refractivity contribution in [1.29, 1.82) is 5.26 Å². The SMILES string of the molecule is N#Cc1ccc(Oc2ccc(I)c(COB3OCCO3)c2)cc1. The summed E-state index contributed by atoms with van der Waals surface area (Å²) in [6.07, 6.45) is 0. The van der Waals surface area contributed by atoms with Crippen molar-refractivity contribution in [3.8, 4) is 17.6 Å². The predicted molar refractivity (Wildman–Crippen MR) is 92.8 cm³/mol. The van der Waals surface area contributed by atoms with Crippen LogP contribution in [-0.2, 0) is 20.6 Å². The lowest BCUT2D eigenvalue weighted by atomic mass is 10.2. The molecule has 0 saturated carbocycles. The van der Waals surface area contributed by atoms with Crippen molar-refractivity contribution < 1.29 is 18.7 Å². The highest BCUT2D eigenvalue weighted by molar-refractivity contribution is 14.1. The summed E-state index contributed by atoms with van der Waals surface area (Å²) in [4.78, 5) is 0. The van der Waals surface area contributed by atoms with Crippen LogP contribution >= 0.6 is 22.6 Å². The molecule has 1 fully saturated rings. The van der Waals surface area contributed by atoms with Crippen molar-refractivity contribution in [2.24, 2.45) is 0 Å². The van der Waals surface area contributed by atoms with Crippen molar-refractivity contribution in [3.05, 3.63) is 57.2 Å². The van der Waals surface area contributed by atoms with Crippen LogP contribution in [0.25, 0.3) is 0 Å².